The van der Waals surface area contributed by atoms with Crippen LogP contribution in [0.4, 0.5) is 0 Å². The van der Waals surface area contributed by atoms with E-state index in [1.165, 1.54) is 76.8 Å². The Bertz CT molecular complexity index is 2390. The van der Waals surface area contributed by atoms with Crippen LogP contribution in [0.3, 0.4) is 0 Å². The molecule has 6 aromatic carbocycles. The van der Waals surface area contributed by atoms with Crippen molar-refractivity contribution < 1.29 is 0 Å². The van der Waals surface area contributed by atoms with E-state index in [9.17, 15) is 0 Å². The zero-order valence-corrected chi connectivity index (χ0v) is 22.0. The van der Waals surface area contributed by atoms with Crippen LogP contribution in [0.1, 0.15) is 0 Å². The second-order valence-electron chi connectivity index (χ2n) is 10.7. The van der Waals surface area contributed by atoms with Crippen molar-refractivity contribution in [2.45, 2.75) is 0 Å². The zero-order valence-electron chi connectivity index (χ0n) is 22.0. The highest BCUT2D eigenvalue weighted by molar-refractivity contribution is 6.17. The predicted octanol–water partition coefficient (Wildman–Crippen LogP) is 9.53. The van der Waals surface area contributed by atoms with Crippen LogP contribution in [-0.4, -0.2) is 13.7 Å². The van der Waals surface area contributed by atoms with Gasteiger partial charge in [0.2, 0.25) is 0 Å². The average Bonchev–Trinajstić information content (AvgIpc) is 3.63. The van der Waals surface area contributed by atoms with Gasteiger partial charge in [-0.25, -0.2) is 0 Å². The van der Waals surface area contributed by atoms with Crippen LogP contribution in [0.5, 0.6) is 0 Å². The third-order valence-corrected chi connectivity index (χ3v) is 8.65. The summed E-state index contributed by atoms with van der Waals surface area (Å²) >= 11 is 0. The lowest BCUT2D eigenvalue weighted by atomic mass is 10.1. The Morgan fingerprint density at radius 3 is 1.55 bits per heavy atom. The molecule has 0 fully saturated rings. The molecule has 0 atom stereocenters. The normalized spacial score (nSPS) is 12.1. The molecule has 3 aromatic heterocycles. The van der Waals surface area contributed by atoms with Gasteiger partial charge >= 0.3 is 0 Å². The van der Waals surface area contributed by atoms with Crippen molar-refractivity contribution in [3.8, 4) is 11.4 Å². The van der Waals surface area contributed by atoms with Crippen LogP contribution in [0, 0.1) is 0 Å². The molecule has 0 saturated heterocycles. The molecule has 0 aliphatic heterocycles. The summed E-state index contributed by atoms with van der Waals surface area (Å²) in [5.74, 6) is 0. The van der Waals surface area contributed by atoms with E-state index in [1.807, 2.05) is 0 Å². The first-order valence-corrected chi connectivity index (χ1v) is 13.8. The van der Waals surface area contributed by atoms with Crippen LogP contribution in [0.25, 0.3) is 76.8 Å². The third-order valence-electron chi connectivity index (χ3n) is 8.65. The lowest BCUT2D eigenvalue weighted by Crippen LogP contribution is -1.97. The van der Waals surface area contributed by atoms with Gasteiger partial charge in [-0.05, 0) is 48.5 Å². The first kappa shape index (κ1) is 21.6. The lowest BCUT2D eigenvalue weighted by Gasteiger charge is -2.12. The Labute approximate surface area is 230 Å². The first-order valence-electron chi connectivity index (χ1n) is 13.8. The molecule has 0 amide bonds. The second-order valence-corrected chi connectivity index (χ2v) is 10.7. The number of fused-ring (bicyclic) bond motifs is 9. The molecule has 0 aliphatic carbocycles. The number of benzene rings is 6. The van der Waals surface area contributed by atoms with E-state index in [1.54, 1.807) is 0 Å². The standard InChI is InChI=1S/C37H25N3/c1-38-30-15-6-2-11-25(30)28-22-21-24(23-36(28)38)39-33-18-9-5-14-29(33)37-34(39)19-10-20-35(37)40-31-16-7-3-12-26(31)27-13-4-8-17-32(27)40/h2-23H,1H3. The molecule has 188 valence electrons. The van der Waals surface area contributed by atoms with Crippen molar-refractivity contribution in [2.24, 2.45) is 7.05 Å². The molecular weight excluding hydrogens is 486 g/mol. The molecule has 0 unspecified atom stereocenters. The fourth-order valence-corrected chi connectivity index (χ4v) is 6.93. The minimum Gasteiger partial charge on any atom is -0.344 e. The fourth-order valence-electron chi connectivity index (χ4n) is 6.93. The summed E-state index contributed by atoms with van der Waals surface area (Å²) in [5, 5.41) is 7.66. The van der Waals surface area contributed by atoms with E-state index in [4.69, 9.17) is 0 Å². The Kier molecular flexibility index (Phi) is 4.26. The number of rotatable bonds is 2. The molecule has 3 nitrogen and oxygen atoms in total. The van der Waals surface area contributed by atoms with Crippen LogP contribution in [0.15, 0.2) is 133 Å². The maximum Gasteiger partial charge on any atom is 0.0562 e. The van der Waals surface area contributed by atoms with E-state index in [0.29, 0.717) is 0 Å². The van der Waals surface area contributed by atoms with E-state index >= 15 is 0 Å². The van der Waals surface area contributed by atoms with E-state index in [2.05, 4.69) is 154 Å². The summed E-state index contributed by atoms with van der Waals surface area (Å²) in [6, 6.07) is 48.6. The number of hydrogen-bond acceptors (Lipinski definition) is 0. The average molecular weight is 512 g/mol. The minimum atomic E-state index is 1.17. The monoisotopic (exact) mass is 511 g/mol. The molecule has 9 rings (SSSR count). The van der Waals surface area contributed by atoms with Crippen LogP contribution < -0.4 is 0 Å². The van der Waals surface area contributed by atoms with Gasteiger partial charge in [-0.3, -0.25) is 0 Å². The Morgan fingerprint density at radius 2 is 0.875 bits per heavy atom. The molecule has 0 aliphatic rings. The van der Waals surface area contributed by atoms with Crippen molar-refractivity contribution in [2.75, 3.05) is 0 Å². The van der Waals surface area contributed by atoms with Gasteiger partial charge in [0, 0.05) is 50.6 Å². The van der Waals surface area contributed by atoms with Gasteiger partial charge in [0.1, 0.15) is 0 Å². The van der Waals surface area contributed by atoms with Gasteiger partial charge in [0.25, 0.3) is 0 Å². The summed E-state index contributed by atoms with van der Waals surface area (Å²) in [5.41, 5.74) is 9.74. The molecule has 0 N–H and O–H groups in total. The van der Waals surface area contributed by atoms with Gasteiger partial charge < -0.3 is 13.7 Å². The van der Waals surface area contributed by atoms with E-state index in [-0.39, 0.29) is 0 Å². The van der Waals surface area contributed by atoms with Crippen molar-refractivity contribution in [1.82, 2.24) is 13.7 Å². The molecule has 0 spiro atoms. The molecule has 3 heterocycles. The third kappa shape index (κ3) is 2.73. The van der Waals surface area contributed by atoms with Crippen LogP contribution >= 0.6 is 0 Å². The highest BCUT2D eigenvalue weighted by Gasteiger charge is 2.19. The largest absolute Gasteiger partial charge is 0.344 e. The molecule has 0 bridgehead atoms. The number of hydrogen-bond donors (Lipinski definition) is 0. The molecule has 0 radical (unpaired) electrons. The molecule has 0 saturated carbocycles. The summed E-state index contributed by atoms with van der Waals surface area (Å²) < 4.78 is 7.18. The Balaban J connectivity index is 1.41. The molecular formula is C37H25N3. The summed E-state index contributed by atoms with van der Waals surface area (Å²) in [7, 11) is 2.17. The summed E-state index contributed by atoms with van der Waals surface area (Å²) in [6.07, 6.45) is 0. The SMILES string of the molecule is Cn1c2ccccc2c2ccc(-n3c4ccccc4c4c(-n5c6ccccc6c6ccccc65)cccc43)cc21. The van der Waals surface area contributed by atoms with Crippen molar-refractivity contribution in [3.05, 3.63) is 133 Å². The molecule has 3 heteroatoms. The van der Waals surface area contributed by atoms with Gasteiger partial charge in [-0.1, -0.05) is 84.9 Å². The van der Waals surface area contributed by atoms with Crippen LogP contribution in [-0.2, 0) is 7.05 Å². The topological polar surface area (TPSA) is 14.8 Å². The Hall–Kier alpha value is -5.28. The number of aryl methyl sites for hydroxylation is 1. The highest BCUT2D eigenvalue weighted by Crippen LogP contribution is 2.40. The molecule has 40 heavy (non-hydrogen) atoms. The quantitative estimate of drug-likeness (QED) is 0.219. The van der Waals surface area contributed by atoms with Crippen molar-refractivity contribution in [1.29, 1.82) is 0 Å². The second kappa shape index (κ2) is 7.87. The van der Waals surface area contributed by atoms with Gasteiger partial charge in [0.15, 0.2) is 0 Å². The van der Waals surface area contributed by atoms with Gasteiger partial charge in [0.05, 0.1) is 33.3 Å². The number of aromatic nitrogens is 3. The van der Waals surface area contributed by atoms with Gasteiger partial charge in [-0.15, -0.1) is 0 Å². The predicted molar refractivity (Wildman–Crippen MR) is 169 cm³/mol. The summed E-state index contributed by atoms with van der Waals surface area (Å²) in [4.78, 5) is 0. The minimum absolute atomic E-state index is 1.17. The van der Waals surface area contributed by atoms with Crippen molar-refractivity contribution >= 4 is 65.4 Å². The Morgan fingerprint density at radius 1 is 0.375 bits per heavy atom. The molecule has 9 aromatic rings. The van der Waals surface area contributed by atoms with E-state index < -0.39 is 0 Å². The smallest absolute Gasteiger partial charge is 0.0562 e. The van der Waals surface area contributed by atoms with Crippen LogP contribution in [0.2, 0.25) is 0 Å². The number of para-hydroxylation sites is 4. The summed E-state index contributed by atoms with van der Waals surface area (Å²) in [6.45, 7) is 0. The van der Waals surface area contributed by atoms with Gasteiger partial charge in [-0.2, -0.15) is 0 Å². The van der Waals surface area contributed by atoms with E-state index in [0.717, 1.165) is 0 Å². The highest BCUT2D eigenvalue weighted by atomic mass is 15.0. The first-order chi connectivity index (χ1) is 19.8. The fraction of sp³-hybridized carbons (Fsp3) is 0.0270. The maximum atomic E-state index is 2.44. The maximum absolute atomic E-state index is 2.44. The van der Waals surface area contributed by atoms with Crippen molar-refractivity contribution in [3.63, 3.8) is 0 Å². The number of nitrogens with zero attached hydrogens (tertiary/aromatic N) is 3. The zero-order chi connectivity index (χ0) is 26.4. The lowest BCUT2D eigenvalue weighted by molar-refractivity contribution is 1.01.